The topological polar surface area (TPSA) is 62.1 Å². The number of benzene rings is 2. The lowest BCUT2D eigenvalue weighted by Crippen LogP contribution is -2.20. The summed E-state index contributed by atoms with van der Waals surface area (Å²) in [4.78, 5) is 11.6. The second kappa shape index (κ2) is 6.48. The summed E-state index contributed by atoms with van der Waals surface area (Å²) in [6, 6.07) is 11.0. The van der Waals surface area contributed by atoms with E-state index in [2.05, 4.69) is 5.32 Å². The minimum Gasteiger partial charge on any atom is -0.484 e. The molecule has 0 spiro atoms. The van der Waals surface area contributed by atoms with Crippen LogP contribution in [0.3, 0.4) is 0 Å². The predicted molar refractivity (Wildman–Crippen MR) is 71.6 cm³/mol. The quantitative estimate of drug-likeness (QED) is 0.941. The summed E-state index contributed by atoms with van der Waals surface area (Å²) in [6.07, 6.45) is 0. The molecule has 106 valence electrons. The largest absolute Gasteiger partial charge is 0.484 e. The number of carbonyl (C=O) groups excluding carboxylic acids is 1. The van der Waals surface area contributed by atoms with E-state index in [1.165, 1.54) is 30.3 Å². The third kappa shape index (κ3) is 3.76. The summed E-state index contributed by atoms with van der Waals surface area (Å²) in [5.74, 6) is -1.76. The van der Waals surface area contributed by atoms with E-state index in [-0.39, 0.29) is 17.0 Å². The Morgan fingerprint density at radius 3 is 2.62 bits per heavy atom. The molecule has 0 saturated carbocycles. The van der Waals surface area contributed by atoms with Gasteiger partial charge in [-0.25, -0.2) is 8.78 Å². The molecular formula is C15H10F2N2O2. The Balaban J connectivity index is 1.94. The molecule has 2 aromatic rings. The van der Waals surface area contributed by atoms with Gasteiger partial charge in [0.1, 0.15) is 23.5 Å². The Labute approximate surface area is 119 Å². The van der Waals surface area contributed by atoms with Gasteiger partial charge in [-0.05, 0) is 24.3 Å². The number of ether oxygens (including phenoxy) is 1. The van der Waals surface area contributed by atoms with Gasteiger partial charge < -0.3 is 10.1 Å². The molecule has 21 heavy (non-hydrogen) atoms. The summed E-state index contributed by atoms with van der Waals surface area (Å²) < 4.78 is 31.7. The first-order chi connectivity index (χ1) is 10.1. The smallest absolute Gasteiger partial charge is 0.262 e. The van der Waals surface area contributed by atoms with Crippen LogP contribution >= 0.6 is 0 Å². The normalized spacial score (nSPS) is 9.76. The molecule has 2 rings (SSSR count). The van der Waals surface area contributed by atoms with E-state index >= 15 is 0 Å². The van der Waals surface area contributed by atoms with Crippen molar-refractivity contribution in [2.75, 3.05) is 11.9 Å². The van der Waals surface area contributed by atoms with Crippen LogP contribution in [-0.2, 0) is 4.79 Å². The van der Waals surface area contributed by atoms with Gasteiger partial charge in [-0.15, -0.1) is 0 Å². The zero-order valence-corrected chi connectivity index (χ0v) is 10.8. The third-order valence-electron chi connectivity index (χ3n) is 2.58. The molecule has 0 unspecified atom stereocenters. The number of hydrogen-bond acceptors (Lipinski definition) is 3. The molecule has 0 saturated heterocycles. The second-order valence-electron chi connectivity index (χ2n) is 4.07. The molecule has 0 aliphatic rings. The van der Waals surface area contributed by atoms with E-state index in [1.807, 2.05) is 0 Å². The maximum absolute atomic E-state index is 13.3. The molecule has 2 aromatic carbocycles. The number of amides is 1. The van der Waals surface area contributed by atoms with Crippen molar-refractivity contribution >= 4 is 11.6 Å². The van der Waals surface area contributed by atoms with Crippen molar-refractivity contribution in [3.63, 3.8) is 0 Å². The standard InChI is InChI=1S/C15H10F2N2O2/c16-12-3-1-2-4-14(12)19-15(20)9-21-11-6-5-10(8-18)13(17)7-11/h1-7H,9H2,(H,19,20). The first kappa shape index (κ1) is 14.5. The Morgan fingerprint density at radius 2 is 1.95 bits per heavy atom. The number of hydrogen-bond donors (Lipinski definition) is 1. The fraction of sp³-hybridized carbons (Fsp3) is 0.0667. The number of rotatable bonds is 4. The predicted octanol–water partition coefficient (Wildman–Crippen LogP) is 2.85. The lowest BCUT2D eigenvalue weighted by molar-refractivity contribution is -0.118. The van der Waals surface area contributed by atoms with Crippen LogP contribution in [0.5, 0.6) is 5.75 Å². The lowest BCUT2D eigenvalue weighted by atomic mass is 10.2. The summed E-state index contributed by atoms with van der Waals surface area (Å²) in [5, 5.41) is 10.9. The molecule has 4 nitrogen and oxygen atoms in total. The SMILES string of the molecule is N#Cc1ccc(OCC(=O)Nc2ccccc2F)cc1F. The van der Waals surface area contributed by atoms with Crippen LogP contribution in [0, 0.1) is 23.0 Å². The minimum absolute atomic E-state index is 0.0390. The summed E-state index contributed by atoms with van der Waals surface area (Å²) >= 11 is 0. The highest BCUT2D eigenvalue weighted by molar-refractivity contribution is 5.91. The summed E-state index contributed by atoms with van der Waals surface area (Å²) in [7, 11) is 0. The van der Waals surface area contributed by atoms with Crippen molar-refractivity contribution in [2.24, 2.45) is 0 Å². The van der Waals surface area contributed by atoms with Gasteiger partial charge in [0.2, 0.25) is 0 Å². The van der Waals surface area contributed by atoms with E-state index in [9.17, 15) is 13.6 Å². The van der Waals surface area contributed by atoms with E-state index < -0.39 is 24.1 Å². The fourth-order valence-electron chi connectivity index (χ4n) is 1.57. The molecule has 6 heteroatoms. The van der Waals surface area contributed by atoms with Gasteiger partial charge >= 0.3 is 0 Å². The van der Waals surface area contributed by atoms with Crippen molar-refractivity contribution in [3.8, 4) is 11.8 Å². The zero-order valence-electron chi connectivity index (χ0n) is 10.8. The Bertz CT molecular complexity index is 711. The average Bonchev–Trinajstić information content (AvgIpc) is 2.48. The van der Waals surface area contributed by atoms with Crippen molar-refractivity contribution in [3.05, 3.63) is 59.7 Å². The number of nitrogens with one attached hydrogen (secondary N) is 1. The van der Waals surface area contributed by atoms with Crippen LogP contribution in [0.25, 0.3) is 0 Å². The van der Waals surface area contributed by atoms with Gasteiger partial charge in [0.05, 0.1) is 11.3 Å². The molecule has 1 N–H and O–H groups in total. The highest BCUT2D eigenvalue weighted by atomic mass is 19.1. The van der Waals surface area contributed by atoms with Crippen LogP contribution in [0.15, 0.2) is 42.5 Å². The Morgan fingerprint density at radius 1 is 1.19 bits per heavy atom. The Kier molecular flexibility index (Phi) is 4.46. The van der Waals surface area contributed by atoms with Crippen molar-refractivity contribution in [2.45, 2.75) is 0 Å². The number of carbonyl (C=O) groups is 1. The van der Waals surface area contributed by atoms with E-state index in [0.717, 1.165) is 6.07 Å². The number of nitriles is 1. The van der Waals surface area contributed by atoms with Crippen molar-refractivity contribution in [1.82, 2.24) is 0 Å². The maximum Gasteiger partial charge on any atom is 0.262 e. The number of halogens is 2. The van der Waals surface area contributed by atoms with E-state index in [0.29, 0.717) is 0 Å². The van der Waals surface area contributed by atoms with E-state index in [1.54, 1.807) is 12.1 Å². The van der Waals surface area contributed by atoms with Gasteiger partial charge in [-0.1, -0.05) is 12.1 Å². The summed E-state index contributed by atoms with van der Waals surface area (Å²) in [6.45, 7) is -0.403. The van der Waals surface area contributed by atoms with E-state index in [4.69, 9.17) is 10.00 Å². The Hall–Kier alpha value is -2.94. The molecule has 0 heterocycles. The van der Waals surface area contributed by atoms with Crippen molar-refractivity contribution < 1.29 is 18.3 Å². The highest BCUT2D eigenvalue weighted by Crippen LogP contribution is 2.16. The van der Waals surface area contributed by atoms with Crippen LogP contribution in [-0.4, -0.2) is 12.5 Å². The summed E-state index contributed by atoms with van der Waals surface area (Å²) in [5.41, 5.74) is -0.0738. The molecule has 0 atom stereocenters. The average molecular weight is 288 g/mol. The molecule has 0 bridgehead atoms. The third-order valence-corrected chi connectivity index (χ3v) is 2.58. The van der Waals surface area contributed by atoms with Crippen LogP contribution in [0.4, 0.5) is 14.5 Å². The number of nitrogens with zero attached hydrogens (tertiary/aromatic N) is 1. The number of para-hydroxylation sites is 1. The first-order valence-electron chi connectivity index (χ1n) is 5.97. The molecular weight excluding hydrogens is 278 g/mol. The van der Waals surface area contributed by atoms with Gasteiger partial charge in [0.15, 0.2) is 6.61 Å². The highest BCUT2D eigenvalue weighted by Gasteiger charge is 2.08. The van der Waals surface area contributed by atoms with Gasteiger partial charge in [-0.3, -0.25) is 4.79 Å². The minimum atomic E-state index is -0.732. The number of anilines is 1. The molecule has 0 aliphatic carbocycles. The molecule has 1 amide bonds. The van der Waals surface area contributed by atoms with Gasteiger partial charge in [0.25, 0.3) is 5.91 Å². The zero-order chi connectivity index (χ0) is 15.2. The fourth-order valence-corrected chi connectivity index (χ4v) is 1.57. The lowest BCUT2D eigenvalue weighted by Gasteiger charge is -2.08. The van der Waals surface area contributed by atoms with Crippen LogP contribution in [0.2, 0.25) is 0 Å². The molecule has 0 aliphatic heterocycles. The second-order valence-corrected chi connectivity index (χ2v) is 4.07. The first-order valence-corrected chi connectivity index (χ1v) is 5.97. The van der Waals surface area contributed by atoms with Crippen LogP contribution in [0.1, 0.15) is 5.56 Å². The van der Waals surface area contributed by atoms with Gasteiger partial charge in [0, 0.05) is 6.07 Å². The molecule has 0 aromatic heterocycles. The van der Waals surface area contributed by atoms with Crippen LogP contribution < -0.4 is 10.1 Å². The monoisotopic (exact) mass is 288 g/mol. The maximum atomic E-state index is 13.3. The molecule has 0 radical (unpaired) electrons. The molecule has 0 fully saturated rings. The van der Waals surface area contributed by atoms with Crippen molar-refractivity contribution in [1.29, 1.82) is 5.26 Å². The van der Waals surface area contributed by atoms with Gasteiger partial charge in [-0.2, -0.15) is 5.26 Å².